The van der Waals surface area contributed by atoms with E-state index in [2.05, 4.69) is 20.5 Å². The fourth-order valence-corrected chi connectivity index (χ4v) is 3.93. The lowest BCUT2D eigenvalue weighted by molar-refractivity contribution is -0.119. The molecule has 3 heterocycles. The van der Waals surface area contributed by atoms with E-state index >= 15 is 0 Å². The summed E-state index contributed by atoms with van der Waals surface area (Å²) >= 11 is 0. The van der Waals surface area contributed by atoms with Gasteiger partial charge in [0.05, 0.1) is 6.10 Å². The number of ether oxygens (including phenoxy) is 1. The first-order valence-electron chi connectivity index (χ1n) is 8.55. The molecule has 3 fully saturated rings. The van der Waals surface area contributed by atoms with Gasteiger partial charge in [0, 0.05) is 51.7 Å². The van der Waals surface area contributed by atoms with Gasteiger partial charge in [-0.25, -0.2) is 0 Å². The highest BCUT2D eigenvalue weighted by Crippen LogP contribution is 2.35. The van der Waals surface area contributed by atoms with Crippen LogP contribution in [0.5, 0.6) is 0 Å². The van der Waals surface area contributed by atoms with Gasteiger partial charge in [0.2, 0.25) is 5.91 Å². The summed E-state index contributed by atoms with van der Waals surface area (Å²) in [4.78, 5) is 18.4. The molecule has 0 saturated carbocycles. The molecule has 1 amide bonds. The zero-order valence-corrected chi connectivity index (χ0v) is 13.6. The second kappa shape index (κ2) is 6.86. The van der Waals surface area contributed by atoms with E-state index in [-0.39, 0.29) is 11.3 Å². The zero-order valence-electron chi connectivity index (χ0n) is 13.6. The molecule has 3 rings (SSSR count). The summed E-state index contributed by atoms with van der Waals surface area (Å²) in [7, 11) is 1.84. The maximum Gasteiger partial charge on any atom is 0.220 e. The number of rotatable bonds is 2. The molecular formula is C16H28N4O2. The predicted octanol–water partition coefficient (Wildman–Crippen LogP) is 0.733. The monoisotopic (exact) mass is 308 g/mol. The number of likely N-dealkylation sites (tertiary alicyclic amines) is 1. The molecule has 2 unspecified atom stereocenters. The minimum absolute atomic E-state index is 0.105. The van der Waals surface area contributed by atoms with Crippen molar-refractivity contribution in [3.05, 3.63) is 0 Å². The number of piperidine rings is 1. The van der Waals surface area contributed by atoms with E-state index in [0.29, 0.717) is 12.5 Å². The zero-order chi connectivity index (χ0) is 15.4. The Bertz CT molecular complexity index is 434. The molecule has 0 aromatic heterocycles. The minimum Gasteiger partial charge on any atom is -0.376 e. The van der Waals surface area contributed by atoms with Gasteiger partial charge < -0.3 is 20.3 Å². The summed E-state index contributed by atoms with van der Waals surface area (Å²) in [5, 5.41) is 6.47. The first-order valence-corrected chi connectivity index (χ1v) is 8.55. The third kappa shape index (κ3) is 3.54. The van der Waals surface area contributed by atoms with E-state index in [4.69, 9.17) is 4.74 Å². The Morgan fingerprint density at radius 3 is 3.09 bits per heavy atom. The molecule has 3 aliphatic rings. The molecule has 22 heavy (non-hydrogen) atoms. The van der Waals surface area contributed by atoms with E-state index in [1.807, 2.05) is 7.05 Å². The van der Waals surface area contributed by atoms with Crippen molar-refractivity contribution in [2.24, 2.45) is 10.4 Å². The Hall–Kier alpha value is -1.30. The molecule has 0 aromatic rings. The summed E-state index contributed by atoms with van der Waals surface area (Å²) in [6.07, 6.45) is 6.78. The molecule has 0 radical (unpaired) electrons. The SMILES string of the molecule is CN=C(NCC1CCCCO1)N1CCCC2(CNC(=O)C2)C1. The van der Waals surface area contributed by atoms with Crippen LogP contribution in [0.1, 0.15) is 38.5 Å². The molecular weight excluding hydrogens is 280 g/mol. The molecule has 0 aliphatic carbocycles. The lowest BCUT2D eigenvalue weighted by atomic mass is 9.79. The summed E-state index contributed by atoms with van der Waals surface area (Å²) in [6.45, 7) is 4.45. The van der Waals surface area contributed by atoms with Crippen molar-refractivity contribution in [3.8, 4) is 0 Å². The standard InChI is InChI=1S/C16H28N4O2/c1-17-15(18-10-13-5-2-3-8-22-13)20-7-4-6-16(12-20)9-14(21)19-11-16/h13H,2-12H2,1H3,(H,17,18)(H,19,21). The summed E-state index contributed by atoms with van der Waals surface area (Å²) in [5.41, 5.74) is 0.105. The van der Waals surface area contributed by atoms with Crippen molar-refractivity contribution >= 4 is 11.9 Å². The van der Waals surface area contributed by atoms with Crippen molar-refractivity contribution < 1.29 is 9.53 Å². The van der Waals surface area contributed by atoms with Gasteiger partial charge in [0.25, 0.3) is 0 Å². The van der Waals surface area contributed by atoms with Crippen LogP contribution in [0.25, 0.3) is 0 Å². The fourth-order valence-electron chi connectivity index (χ4n) is 3.93. The second-order valence-electron chi connectivity index (χ2n) is 6.90. The van der Waals surface area contributed by atoms with Gasteiger partial charge in [-0.1, -0.05) is 0 Å². The largest absolute Gasteiger partial charge is 0.376 e. The van der Waals surface area contributed by atoms with E-state index in [9.17, 15) is 4.79 Å². The third-order valence-corrected chi connectivity index (χ3v) is 5.13. The Morgan fingerprint density at radius 2 is 2.41 bits per heavy atom. The number of carbonyl (C=O) groups is 1. The first-order chi connectivity index (χ1) is 10.7. The number of carbonyl (C=O) groups excluding carboxylic acids is 1. The maximum atomic E-state index is 11.6. The van der Waals surface area contributed by atoms with Crippen molar-refractivity contribution in [2.75, 3.05) is 39.8 Å². The van der Waals surface area contributed by atoms with Gasteiger partial charge in [-0.05, 0) is 32.1 Å². The second-order valence-corrected chi connectivity index (χ2v) is 6.90. The van der Waals surface area contributed by atoms with Crippen LogP contribution in [-0.4, -0.2) is 62.7 Å². The highest BCUT2D eigenvalue weighted by atomic mass is 16.5. The average Bonchev–Trinajstić information content (AvgIpc) is 2.89. The molecule has 6 heteroatoms. The lowest BCUT2D eigenvalue weighted by Crippen LogP contribution is -2.52. The van der Waals surface area contributed by atoms with Gasteiger partial charge >= 0.3 is 0 Å². The Labute approximate surface area is 132 Å². The van der Waals surface area contributed by atoms with Crippen LogP contribution in [0.4, 0.5) is 0 Å². The molecule has 6 nitrogen and oxygen atoms in total. The van der Waals surface area contributed by atoms with Crippen LogP contribution >= 0.6 is 0 Å². The van der Waals surface area contributed by atoms with Gasteiger partial charge in [-0.3, -0.25) is 9.79 Å². The number of aliphatic imine (C=N–C) groups is 1. The van der Waals surface area contributed by atoms with E-state index < -0.39 is 0 Å². The normalized spacial score (nSPS) is 33.1. The average molecular weight is 308 g/mol. The van der Waals surface area contributed by atoms with Crippen molar-refractivity contribution in [1.82, 2.24) is 15.5 Å². The van der Waals surface area contributed by atoms with Gasteiger partial charge in [0.1, 0.15) is 0 Å². The van der Waals surface area contributed by atoms with Crippen molar-refractivity contribution in [3.63, 3.8) is 0 Å². The Morgan fingerprint density at radius 1 is 1.50 bits per heavy atom. The Balaban J connectivity index is 1.55. The number of hydrogen-bond donors (Lipinski definition) is 2. The van der Waals surface area contributed by atoms with Crippen LogP contribution in [0.3, 0.4) is 0 Å². The maximum absolute atomic E-state index is 11.6. The van der Waals surface area contributed by atoms with E-state index in [1.165, 1.54) is 12.8 Å². The van der Waals surface area contributed by atoms with E-state index in [1.54, 1.807) is 0 Å². The summed E-state index contributed by atoms with van der Waals surface area (Å²) in [6, 6.07) is 0. The first kappa shape index (κ1) is 15.6. The fraction of sp³-hybridized carbons (Fsp3) is 0.875. The van der Waals surface area contributed by atoms with Crippen LogP contribution in [-0.2, 0) is 9.53 Å². The molecule has 0 aromatic carbocycles. The summed E-state index contributed by atoms with van der Waals surface area (Å²) in [5.74, 6) is 1.15. The molecule has 124 valence electrons. The van der Waals surface area contributed by atoms with Crippen LogP contribution in [0, 0.1) is 5.41 Å². The van der Waals surface area contributed by atoms with Crippen molar-refractivity contribution in [2.45, 2.75) is 44.6 Å². The summed E-state index contributed by atoms with van der Waals surface area (Å²) < 4.78 is 5.78. The number of guanidine groups is 1. The highest BCUT2D eigenvalue weighted by molar-refractivity contribution is 5.81. The number of nitrogens with one attached hydrogen (secondary N) is 2. The Kier molecular flexibility index (Phi) is 4.86. The van der Waals surface area contributed by atoms with E-state index in [0.717, 1.165) is 58.0 Å². The molecule has 2 atom stereocenters. The molecule has 1 spiro atoms. The number of nitrogens with zero attached hydrogens (tertiary/aromatic N) is 2. The van der Waals surface area contributed by atoms with Crippen LogP contribution in [0.2, 0.25) is 0 Å². The smallest absolute Gasteiger partial charge is 0.220 e. The topological polar surface area (TPSA) is 66.0 Å². The molecule has 0 bridgehead atoms. The highest BCUT2D eigenvalue weighted by Gasteiger charge is 2.42. The molecule has 3 saturated heterocycles. The van der Waals surface area contributed by atoms with Gasteiger partial charge in [-0.2, -0.15) is 0 Å². The quantitative estimate of drug-likeness (QED) is 0.583. The predicted molar refractivity (Wildman–Crippen MR) is 85.8 cm³/mol. The lowest BCUT2D eigenvalue weighted by Gasteiger charge is -2.41. The number of hydrogen-bond acceptors (Lipinski definition) is 3. The van der Waals surface area contributed by atoms with Crippen molar-refractivity contribution in [1.29, 1.82) is 0 Å². The van der Waals surface area contributed by atoms with Gasteiger partial charge in [-0.15, -0.1) is 0 Å². The molecule has 2 N–H and O–H groups in total. The molecule has 3 aliphatic heterocycles. The third-order valence-electron chi connectivity index (χ3n) is 5.13. The minimum atomic E-state index is 0.105. The van der Waals surface area contributed by atoms with Gasteiger partial charge in [0.15, 0.2) is 5.96 Å². The number of amides is 1. The van der Waals surface area contributed by atoms with Crippen LogP contribution < -0.4 is 10.6 Å². The van der Waals surface area contributed by atoms with Crippen LogP contribution in [0.15, 0.2) is 4.99 Å².